The molecule has 1 unspecified atom stereocenters. The van der Waals surface area contributed by atoms with Crippen LogP contribution in [0.2, 0.25) is 0 Å². The highest BCUT2D eigenvalue weighted by Gasteiger charge is 2.44. The molecule has 0 radical (unpaired) electrons. The molecule has 0 aromatic carbocycles. The van der Waals surface area contributed by atoms with Crippen LogP contribution in [-0.4, -0.2) is 58.2 Å². The Morgan fingerprint density at radius 2 is 2.09 bits per heavy atom. The minimum atomic E-state index is 0.119. The van der Waals surface area contributed by atoms with Gasteiger partial charge in [0, 0.05) is 50.0 Å². The highest BCUT2D eigenvalue weighted by Crippen LogP contribution is 2.38. The normalized spacial score (nSPS) is 22.8. The predicted molar refractivity (Wildman–Crippen MR) is 88.0 cm³/mol. The maximum Gasteiger partial charge on any atom is 0.222 e. The number of amides is 1. The van der Waals surface area contributed by atoms with Crippen molar-refractivity contribution in [3.8, 4) is 0 Å². The number of carbonyl (C=O) groups excluding carboxylic acids is 1. The summed E-state index contributed by atoms with van der Waals surface area (Å²) in [6.45, 7) is 6.44. The summed E-state index contributed by atoms with van der Waals surface area (Å²) in [6, 6.07) is 0.179. The molecule has 2 heterocycles. The van der Waals surface area contributed by atoms with Crippen molar-refractivity contribution in [2.24, 2.45) is 0 Å². The third-order valence-electron chi connectivity index (χ3n) is 5.45. The zero-order valence-electron chi connectivity index (χ0n) is 14.0. The summed E-state index contributed by atoms with van der Waals surface area (Å²) in [4.78, 5) is 18.9. The Hall–Kier alpha value is -1.40. The lowest BCUT2D eigenvalue weighted by Gasteiger charge is -2.47. The van der Waals surface area contributed by atoms with Crippen LogP contribution in [0.1, 0.15) is 39.0 Å². The first-order chi connectivity index (χ1) is 11.2. The number of ether oxygens (including phenoxy) is 1. The van der Waals surface area contributed by atoms with Crippen molar-refractivity contribution in [2.45, 2.75) is 57.2 Å². The van der Waals surface area contributed by atoms with Crippen LogP contribution in [0.5, 0.6) is 0 Å². The molecule has 0 bridgehead atoms. The molecule has 1 aromatic rings. The molecule has 128 valence electrons. The maximum absolute atomic E-state index is 12.3. The van der Waals surface area contributed by atoms with Gasteiger partial charge in [-0.15, -0.1) is 0 Å². The lowest BCUT2D eigenvalue weighted by atomic mass is 9.86. The quantitative estimate of drug-likeness (QED) is 0.861. The molecule has 6 nitrogen and oxygen atoms in total. The molecule has 1 N–H and O–H groups in total. The van der Waals surface area contributed by atoms with Gasteiger partial charge >= 0.3 is 0 Å². The lowest BCUT2D eigenvalue weighted by molar-refractivity contribution is -0.123. The van der Waals surface area contributed by atoms with E-state index in [2.05, 4.69) is 22.1 Å². The Balaban J connectivity index is 1.57. The van der Waals surface area contributed by atoms with E-state index in [0.29, 0.717) is 13.0 Å². The fraction of sp³-hybridized carbons (Fsp3) is 0.765. The summed E-state index contributed by atoms with van der Waals surface area (Å²) in [7, 11) is 0. The number of hydrogen-bond acceptors (Lipinski definition) is 4. The van der Waals surface area contributed by atoms with Crippen LogP contribution in [-0.2, 0) is 16.1 Å². The highest BCUT2D eigenvalue weighted by atomic mass is 16.5. The van der Waals surface area contributed by atoms with E-state index in [0.717, 1.165) is 26.3 Å². The third-order valence-corrected chi connectivity index (χ3v) is 5.45. The van der Waals surface area contributed by atoms with Gasteiger partial charge in [-0.25, -0.2) is 4.98 Å². The van der Waals surface area contributed by atoms with Gasteiger partial charge in [0.2, 0.25) is 5.91 Å². The standard InChI is InChI=1S/C17H28N4O2/c1-15(19-16(22)4-8-20-9-7-18-14-20)17(5-2-3-6-17)21-10-12-23-13-11-21/h7,9,14-15H,2-6,8,10-13H2,1H3,(H,19,22). The Bertz CT molecular complexity index is 491. The van der Waals surface area contributed by atoms with E-state index in [1.54, 1.807) is 12.5 Å². The second kappa shape index (κ2) is 7.45. The zero-order chi connectivity index (χ0) is 16.1. The first-order valence-electron chi connectivity index (χ1n) is 8.79. The Morgan fingerprint density at radius 1 is 1.35 bits per heavy atom. The summed E-state index contributed by atoms with van der Waals surface area (Å²) in [5.41, 5.74) is 0.119. The fourth-order valence-electron chi connectivity index (χ4n) is 4.12. The molecule has 23 heavy (non-hydrogen) atoms. The fourth-order valence-corrected chi connectivity index (χ4v) is 4.12. The molecule has 1 saturated carbocycles. The van der Waals surface area contributed by atoms with E-state index in [1.165, 1.54) is 25.7 Å². The van der Waals surface area contributed by atoms with Gasteiger partial charge in [0.15, 0.2) is 0 Å². The molecule has 1 atom stereocenters. The molecule has 1 aliphatic carbocycles. The molecule has 1 saturated heterocycles. The van der Waals surface area contributed by atoms with Crippen molar-refractivity contribution in [2.75, 3.05) is 26.3 Å². The van der Waals surface area contributed by atoms with Crippen molar-refractivity contribution in [1.82, 2.24) is 19.8 Å². The Kier molecular flexibility index (Phi) is 5.33. The van der Waals surface area contributed by atoms with Crippen molar-refractivity contribution in [3.05, 3.63) is 18.7 Å². The molecule has 1 aliphatic heterocycles. The molecule has 2 aliphatic rings. The summed E-state index contributed by atoms with van der Waals surface area (Å²) in [5.74, 6) is 0.130. The average molecular weight is 320 g/mol. The van der Waals surface area contributed by atoms with Crippen molar-refractivity contribution in [3.63, 3.8) is 0 Å². The summed E-state index contributed by atoms with van der Waals surface area (Å²) in [5, 5.41) is 3.27. The first kappa shape index (κ1) is 16.5. The molecule has 0 spiro atoms. The summed E-state index contributed by atoms with van der Waals surface area (Å²) in [6.07, 6.45) is 10.8. The minimum absolute atomic E-state index is 0.119. The van der Waals surface area contributed by atoms with Crippen LogP contribution in [0, 0.1) is 0 Å². The van der Waals surface area contributed by atoms with Gasteiger partial charge in [0.1, 0.15) is 0 Å². The van der Waals surface area contributed by atoms with Gasteiger partial charge in [-0.3, -0.25) is 9.69 Å². The minimum Gasteiger partial charge on any atom is -0.379 e. The van der Waals surface area contributed by atoms with Crippen LogP contribution in [0.3, 0.4) is 0 Å². The van der Waals surface area contributed by atoms with Crippen LogP contribution in [0.15, 0.2) is 18.7 Å². The number of nitrogens with zero attached hydrogens (tertiary/aromatic N) is 3. The average Bonchev–Trinajstić information content (AvgIpc) is 3.26. The van der Waals surface area contributed by atoms with Crippen molar-refractivity contribution < 1.29 is 9.53 Å². The number of aromatic nitrogens is 2. The number of aryl methyl sites for hydroxylation is 1. The van der Waals surface area contributed by atoms with Gasteiger partial charge in [0.25, 0.3) is 0 Å². The number of carbonyl (C=O) groups is 1. The maximum atomic E-state index is 12.3. The van der Waals surface area contributed by atoms with Gasteiger partial charge < -0.3 is 14.6 Å². The number of nitrogens with one attached hydrogen (secondary N) is 1. The Morgan fingerprint density at radius 3 is 2.74 bits per heavy atom. The number of rotatable bonds is 6. The van der Waals surface area contributed by atoms with Crippen LogP contribution in [0.4, 0.5) is 0 Å². The molecule has 6 heteroatoms. The van der Waals surface area contributed by atoms with E-state index in [1.807, 2.05) is 10.8 Å². The molecule has 1 aromatic heterocycles. The van der Waals surface area contributed by atoms with E-state index in [-0.39, 0.29) is 17.5 Å². The largest absolute Gasteiger partial charge is 0.379 e. The number of imidazole rings is 1. The van der Waals surface area contributed by atoms with Crippen molar-refractivity contribution >= 4 is 5.91 Å². The summed E-state index contributed by atoms with van der Waals surface area (Å²) < 4.78 is 7.45. The van der Waals surface area contributed by atoms with Crippen molar-refractivity contribution in [1.29, 1.82) is 0 Å². The third kappa shape index (κ3) is 3.75. The van der Waals surface area contributed by atoms with Crippen LogP contribution < -0.4 is 5.32 Å². The van der Waals surface area contributed by atoms with Gasteiger partial charge in [-0.05, 0) is 19.8 Å². The van der Waals surface area contributed by atoms with E-state index in [9.17, 15) is 4.79 Å². The molecule has 1 amide bonds. The first-order valence-corrected chi connectivity index (χ1v) is 8.79. The molecule has 2 fully saturated rings. The highest BCUT2D eigenvalue weighted by molar-refractivity contribution is 5.76. The molecular formula is C17H28N4O2. The smallest absolute Gasteiger partial charge is 0.222 e. The molecule has 3 rings (SSSR count). The second-order valence-electron chi connectivity index (χ2n) is 6.75. The number of morpholine rings is 1. The van der Waals surface area contributed by atoms with Crippen LogP contribution in [0.25, 0.3) is 0 Å². The van der Waals surface area contributed by atoms with E-state index in [4.69, 9.17) is 4.74 Å². The van der Waals surface area contributed by atoms with E-state index >= 15 is 0 Å². The zero-order valence-corrected chi connectivity index (χ0v) is 14.0. The SMILES string of the molecule is CC(NC(=O)CCn1ccnc1)C1(N2CCOCC2)CCCC1. The second-order valence-corrected chi connectivity index (χ2v) is 6.75. The summed E-state index contributed by atoms with van der Waals surface area (Å²) >= 11 is 0. The van der Waals surface area contributed by atoms with Gasteiger partial charge in [-0.2, -0.15) is 0 Å². The molecular weight excluding hydrogens is 292 g/mol. The van der Waals surface area contributed by atoms with E-state index < -0.39 is 0 Å². The Labute approximate surface area is 138 Å². The van der Waals surface area contributed by atoms with Gasteiger partial charge in [0.05, 0.1) is 19.5 Å². The van der Waals surface area contributed by atoms with Gasteiger partial charge in [-0.1, -0.05) is 12.8 Å². The topological polar surface area (TPSA) is 59.4 Å². The lowest BCUT2D eigenvalue weighted by Crippen LogP contribution is -2.62. The number of hydrogen-bond donors (Lipinski definition) is 1. The monoisotopic (exact) mass is 320 g/mol. The predicted octanol–water partition coefficient (Wildman–Crippen LogP) is 1.42. The van der Waals surface area contributed by atoms with Crippen LogP contribution >= 0.6 is 0 Å².